The van der Waals surface area contributed by atoms with Crippen LogP contribution in [0.1, 0.15) is 18.0 Å². The predicted octanol–water partition coefficient (Wildman–Crippen LogP) is 2.44. The number of fused-ring (bicyclic) bond motifs is 1. The van der Waals surface area contributed by atoms with E-state index >= 15 is 0 Å². The molecular weight excluding hydrogens is 380 g/mol. The zero-order valence-corrected chi connectivity index (χ0v) is 17.2. The molecule has 0 aromatic heterocycles. The van der Waals surface area contributed by atoms with Crippen molar-refractivity contribution >= 4 is 10.0 Å². The Bertz CT molecular complexity index is 915. The molecule has 7 nitrogen and oxygen atoms in total. The van der Waals surface area contributed by atoms with Crippen molar-refractivity contribution in [1.82, 2.24) is 9.62 Å². The summed E-state index contributed by atoms with van der Waals surface area (Å²) in [6, 6.07) is 12.2. The van der Waals surface area contributed by atoms with Crippen LogP contribution in [0.15, 0.2) is 47.4 Å². The van der Waals surface area contributed by atoms with Crippen LogP contribution in [-0.2, 0) is 10.0 Å². The summed E-state index contributed by atoms with van der Waals surface area (Å²) >= 11 is 0. The van der Waals surface area contributed by atoms with Crippen LogP contribution >= 0.6 is 0 Å². The van der Waals surface area contributed by atoms with Crippen LogP contribution in [0.3, 0.4) is 0 Å². The molecule has 2 aromatic carbocycles. The Labute approximate surface area is 166 Å². The Morgan fingerprint density at radius 2 is 1.86 bits per heavy atom. The zero-order valence-electron chi connectivity index (χ0n) is 16.3. The van der Waals surface area contributed by atoms with Gasteiger partial charge in [0.1, 0.15) is 5.75 Å². The topological polar surface area (TPSA) is 77.1 Å². The highest BCUT2D eigenvalue weighted by Crippen LogP contribution is 2.32. The van der Waals surface area contributed by atoms with E-state index in [1.165, 1.54) is 12.1 Å². The first-order valence-electron chi connectivity index (χ1n) is 9.10. The molecule has 0 radical (unpaired) electrons. The summed E-state index contributed by atoms with van der Waals surface area (Å²) in [5, 5.41) is 0. The minimum atomic E-state index is -3.70. The molecule has 0 bridgehead atoms. The van der Waals surface area contributed by atoms with Crippen LogP contribution in [0, 0.1) is 0 Å². The molecule has 152 valence electrons. The van der Waals surface area contributed by atoms with Crippen LogP contribution in [0.5, 0.6) is 17.2 Å². The van der Waals surface area contributed by atoms with Crippen LogP contribution < -0.4 is 18.9 Å². The predicted molar refractivity (Wildman–Crippen MR) is 107 cm³/mol. The molecule has 8 heteroatoms. The highest BCUT2D eigenvalue weighted by atomic mass is 32.2. The molecule has 28 heavy (non-hydrogen) atoms. The van der Waals surface area contributed by atoms with Crippen molar-refractivity contribution in [3.8, 4) is 17.2 Å². The van der Waals surface area contributed by atoms with Crippen LogP contribution in [-0.4, -0.2) is 54.3 Å². The number of likely N-dealkylation sites (N-methyl/N-ethyl adjacent to an activating group) is 1. The Morgan fingerprint density at radius 3 is 2.57 bits per heavy atom. The van der Waals surface area contributed by atoms with Gasteiger partial charge in [0.2, 0.25) is 10.0 Å². The third kappa shape index (κ3) is 4.76. The molecule has 1 unspecified atom stereocenters. The van der Waals surface area contributed by atoms with E-state index in [2.05, 4.69) is 4.72 Å². The average Bonchev–Trinajstić information content (AvgIpc) is 2.92. The van der Waals surface area contributed by atoms with E-state index in [4.69, 9.17) is 14.2 Å². The van der Waals surface area contributed by atoms with Crippen LogP contribution in [0.4, 0.5) is 0 Å². The third-order valence-electron chi connectivity index (χ3n) is 4.60. The van der Waals surface area contributed by atoms with Gasteiger partial charge in [-0.25, -0.2) is 13.1 Å². The molecule has 0 saturated heterocycles. The maximum absolute atomic E-state index is 12.8. The molecule has 3 rings (SSSR count). The number of hydrogen-bond acceptors (Lipinski definition) is 6. The largest absolute Gasteiger partial charge is 0.497 e. The summed E-state index contributed by atoms with van der Waals surface area (Å²) < 4.78 is 44.8. The number of rotatable bonds is 7. The first-order valence-corrected chi connectivity index (χ1v) is 10.6. The Balaban J connectivity index is 1.78. The molecule has 1 aliphatic rings. The van der Waals surface area contributed by atoms with Gasteiger partial charge in [-0.15, -0.1) is 0 Å². The van der Waals surface area contributed by atoms with E-state index < -0.39 is 10.0 Å². The van der Waals surface area contributed by atoms with Gasteiger partial charge in [0, 0.05) is 25.1 Å². The second kappa shape index (κ2) is 8.81. The lowest BCUT2D eigenvalue weighted by Crippen LogP contribution is -2.34. The Kier molecular flexibility index (Phi) is 6.43. The number of ether oxygens (including phenoxy) is 3. The summed E-state index contributed by atoms with van der Waals surface area (Å²) in [6.07, 6.45) is 0.764. The maximum Gasteiger partial charge on any atom is 0.240 e. The molecule has 0 aliphatic carbocycles. The zero-order chi connectivity index (χ0) is 20.1. The van der Waals surface area contributed by atoms with Crippen molar-refractivity contribution < 1.29 is 22.6 Å². The quantitative estimate of drug-likeness (QED) is 0.761. The van der Waals surface area contributed by atoms with Crippen molar-refractivity contribution in [2.75, 3.05) is 41.0 Å². The lowest BCUT2D eigenvalue weighted by Gasteiger charge is -2.25. The van der Waals surface area contributed by atoms with Gasteiger partial charge in [0.15, 0.2) is 11.5 Å². The van der Waals surface area contributed by atoms with Crippen molar-refractivity contribution in [3.63, 3.8) is 0 Å². The highest BCUT2D eigenvalue weighted by molar-refractivity contribution is 7.89. The SMILES string of the molecule is COc1cccc(C(CNS(=O)(=O)c2ccc3c(c2)OCCCO3)N(C)C)c1. The van der Waals surface area contributed by atoms with E-state index in [1.807, 2.05) is 43.3 Å². The Morgan fingerprint density at radius 1 is 1.11 bits per heavy atom. The number of nitrogens with one attached hydrogen (secondary N) is 1. The molecule has 0 fully saturated rings. The lowest BCUT2D eigenvalue weighted by atomic mass is 10.1. The van der Waals surface area contributed by atoms with Gasteiger partial charge in [-0.2, -0.15) is 0 Å². The fourth-order valence-electron chi connectivity index (χ4n) is 3.03. The van der Waals surface area contributed by atoms with Gasteiger partial charge in [-0.05, 0) is 43.9 Å². The number of methoxy groups -OCH3 is 1. The van der Waals surface area contributed by atoms with Crippen molar-refractivity contribution in [2.24, 2.45) is 0 Å². The number of sulfonamides is 1. The van der Waals surface area contributed by atoms with E-state index in [9.17, 15) is 8.42 Å². The van der Waals surface area contributed by atoms with E-state index in [1.54, 1.807) is 13.2 Å². The van der Waals surface area contributed by atoms with E-state index in [0.717, 1.165) is 17.7 Å². The molecule has 0 spiro atoms. The first-order chi connectivity index (χ1) is 13.4. The maximum atomic E-state index is 12.8. The molecule has 0 amide bonds. The molecule has 1 heterocycles. The average molecular weight is 407 g/mol. The summed E-state index contributed by atoms with van der Waals surface area (Å²) in [4.78, 5) is 2.12. The minimum Gasteiger partial charge on any atom is -0.497 e. The van der Waals surface area contributed by atoms with Gasteiger partial charge in [-0.1, -0.05) is 12.1 Å². The molecule has 2 aromatic rings. The second-order valence-electron chi connectivity index (χ2n) is 6.77. The number of benzene rings is 2. The summed E-state index contributed by atoms with van der Waals surface area (Å²) in [5.74, 6) is 1.76. The molecule has 0 saturated carbocycles. The second-order valence-corrected chi connectivity index (χ2v) is 8.53. The third-order valence-corrected chi connectivity index (χ3v) is 6.02. The molecule has 1 N–H and O–H groups in total. The van der Waals surface area contributed by atoms with E-state index in [-0.39, 0.29) is 17.5 Å². The standard InChI is InChI=1S/C20H26N2O5S/c1-22(2)18(15-6-4-7-16(12-15)25-3)14-21-28(23,24)17-8-9-19-20(13-17)27-11-5-10-26-19/h4,6-9,12-13,18,21H,5,10-11,14H2,1-3H3. The minimum absolute atomic E-state index is 0.148. The van der Waals surface area contributed by atoms with Crippen molar-refractivity contribution in [3.05, 3.63) is 48.0 Å². The van der Waals surface area contributed by atoms with Crippen molar-refractivity contribution in [1.29, 1.82) is 0 Å². The Hall–Kier alpha value is -2.29. The molecule has 1 atom stereocenters. The summed E-state index contributed by atoms with van der Waals surface area (Å²) in [6.45, 7) is 1.28. The van der Waals surface area contributed by atoms with Crippen LogP contribution in [0.25, 0.3) is 0 Å². The fourth-order valence-corrected chi connectivity index (χ4v) is 4.08. The van der Waals surface area contributed by atoms with Gasteiger partial charge in [0.05, 0.1) is 25.2 Å². The van der Waals surface area contributed by atoms with E-state index in [0.29, 0.717) is 24.7 Å². The van der Waals surface area contributed by atoms with Gasteiger partial charge in [0.25, 0.3) is 0 Å². The lowest BCUT2D eigenvalue weighted by molar-refractivity contribution is 0.296. The number of nitrogens with zero attached hydrogens (tertiary/aromatic N) is 1. The van der Waals surface area contributed by atoms with Crippen molar-refractivity contribution in [2.45, 2.75) is 17.4 Å². The smallest absolute Gasteiger partial charge is 0.240 e. The first kappa shape index (κ1) is 20.4. The molecular formula is C20H26N2O5S. The van der Waals surface area contributed by atoms with Crippen LogP contribution in [0.2, 0.25) is 0 Å². The van der Waals surface area contributed by atoms with Gasteiger partial charge >= 0.3 is 0 Å². The normalized spacial score (nSPS) is 15.1. The summed E-state index contributed by atoms with van der Waals surface area (Å²) in [5.41, 5.74) is 0.964. The highest BCUT2D eigenvalue weighted by Gasteiger charge is 2.22. The molecule has 1 aliphatic heterocycles. The van der Waals surface area contributed by atoms with Gasteiger partial charge < -0.3 is 19.1 Å². The summed E-state index contributed by atoms with van der Waals surface area (Å²) in [7, 11) is 1.72. The fraction of sp³-hybridized carbons (Fsp3) is 0.400. The number of hydrogen-bond donors (Lipinski definition) is 1. The monoisotopic (exact) mass is 406 g/mol. The van der Waals surface area contributed by atoms with Gasteiger partial charge in [-0.3, -0.25) is 0 Å².